The van der Waals surface area contributed by atoms with Crippen LogP contribution < -0.4 is 15.4 Å². The Morgan fingerprint density at radius 1 is 1.24 bits per heavy atom. The molecule has 21 heavy (non-hydrogen) atoms. The van der Waals surface area contributed by atoms with Crippen LogP contribution in [0.25, 0.3) is 0 Å². The Bertz CT molecular complexity index is 513. The van der Waals surface area contributed by atoms with E-state index in [1.54, 1.807) is 6.07 Å². The molecule has 0 aromatic heterocycles. The van der Waals surface area contributed by atoms with Crippen LogP contribution in [0.2, 0.25) is 0 Å². The molecule has 2 aliphatic carbocycles. The lowest BCUT2D eigenvalue weighted by atomic mass is 10.2. The number of hydrogen-bond acceptors (Lipinski definition) is 3. The summed E-state index contributed by atoms with van der Waals surface area (Å²) in [6.07, 6.45) is 4.83. The molecule has 2 saturated carbocycles. The summed E-state index contributed by atoms with van der Waals surface area (Å²) in [5.74, 6) is -0.180. The number of hydrogen-bond donors (Lipinski definition) is 2. The number of halogens is 1. The summed E-state index contributed by atoms with van der Waals surface area (Å²) in [5.41, 5.74) is 0.915. The van der Waals surface area contributed by atoms with Gasteiger partial charge in [-0.05, 0) is 43.4 Å². The van der Waals surface area contributed by atoms with Crippen LogP contribution in [0.15, 0.2) is 18.2 Å². The maximum Gasteiger partial charge on any atom is 0.223 e. The summed E-state index contributed by atoms with van der Waals surface area (Å²) in [6.45, 7) is 0.890. The second kappa shape index (κ2) is 6.43. The van der Waals surface area contributed by atoms with E-state index in [2.05, 4.69) is 10.6 Å². The average Bonchev–Trinajstić information content (AvgIpc) is 3.33. The second-order valence-electron chi connectivity index (χ2n) is 5.86. The summed E-state index contributed by atoms with van der Waals surface area (Å²) >= 11 is 0. The molecule has 0 aliphatic heterocycles. The van der Waals surface area contributed by atoms with Crippen molar-refractivity contribution in [3.05, 3.63) is 29.6 Å². The molecule has 4 nitrogen and oxygen atoms in total. The minimum atomic E-state index is -0.368. The van der Waals surface area contributed by atoms with Gasteiger partial charge in [-0.1, -0.05) is 6.07 Å². The monoisotopic (exact) mass is 292 g/mol. The molecule has 3 rings (SSSR count). The maximum atomic E-state index is 13.9. The molecule has 0 heterocycles. The van der Waals surface area contributed by atoms with Crippen LogP contribution in [0.4, 0.5) is 4.39 Å². The van der Waals surface area contributed by atoms with Gasteiger partial charge < -0.3 is 15.4 Å². The number of rotatable bonds is 8. The molecule has 2 fully saturated rings. The molecule has 0 atom stereocenters. The molecular formula is C16H21FN2O2. The van der Waals surface area contributed by atoms with Crippen LogP contribution in [-0.4, -0.2) is 24.6 Å². The molecule has 0 radical (unpaired) electrons. The lowest BCUT2D eigenvalue weighted by Gasteiger charge is -2.09. The third kappa shape index (κ3) is 4.70. The van der Waals surface area contributed by atoms with E-state index in [4.69, 9.17) is 4.74 Å². The van der Waals surface area contributed by atoms with E-state index in [-0.39, 0.29) is 30.5 Å². The molecule has 1 aromatic rings. The molecule has 5 heteroatoms. The fourth-order valence-corrected chi connectivity index (χ4v) is 2.10. The number of benzene rings is 1. The normalized spacial score (nSPS) is 17.6. The van der Waals surface area contributed by atoms with Crippen molar-refractivity contribution in [2.45, 2.75) is 50.7 Å². The van der Waals surface area contributed by atoms with Gasteiger partial charge in [0.2, 0.25) is 5.91 Å². The minimum Gasteiger partial charge on any atom is -0.490 e. The summed E-state index contributed by atoms with van der Waals surface area (Å²) in [6, 6.07) is 5.95. The summed E-state index contributed by atoms with van der Waals surface area (Å²) < 4.78 is 19.2. The van der Waals surface area contributed by atoms with Gasteiger partial charge in [-0.3, -0.25) is 4.79 Å². The third-order valence-corrected chi connectivity index (χ3v) is 3.70. The van der Waals surface area contributed by atoms with Crippen molar-refractivity contribution in [3.63, 3.8) is 0 Å². The van der Waals surface area contributed by atoms with Crippen molar-refractivity contribution in [2.24, 2.45) is 0 Å². The number of nitrogens with one attached hydrogen (secondary N) is 2. The zero-order valence-electron chi connectivity index (χ0n) is 12.0. The van der Waals surface area contributed by atoms with Crippen molar-refractivity contribution in [3.8, 4) is 5.75 Å². The number of carbonyl (C=O) groups is 1. The topological polar surface area (TPSA) is 50.4 Å². The second-order valence-corrected chi connectivity index (χ2v) is 5.86. The van der Waals surface area contributed by atoms with Gasteiger partial charge in [0.15, 0.2) is 11.6 Å². The van der Waals surface area contributed by atoms with Gasteiger partial charge in [0.1, 0.15) is 0 Å². The van der Waals surface area contributed by atoms with E-state index < -0.39 is 0 Å². The summed E-state index contributed by atoms with van der Waals surface area (Å²) in [4.78, 5) is 11.5. The molecule has 2 aliphatic rings. The van der Waals surface area contributed by atoms with Gasteiger partial charge in [-0.2, -0.15) is 0 Å². The van der Waals surface area contributed by atoms with Gasteiger partial charge in [0.25, 0.3) is 0 Å². The first kappa shape index (κ1) is 14.3. The molecular weight excluding hydrogens is 271 g/mol. The van der Waals surface area contributed by atoms with Crippen molar-refractivity contribution in [1.29, 1.82) is 0 Å². The van der Waals surface area contributed by atoms with E-state index in [1.165, 1.54) is 18.9 Å². The molecule has 114 valence electrons. The van der Waals surface area contributed by atoms with Gasteiger partial charge >= 0.3 is 0 Å². The number of ether oxygens (including phenoxy) is 1. The summed E-state index contributed by atoms with van der Waals surface area (Å²) in [7, 11) is 0. The fraction of sp³-hybridized carbons (Fsp3) is 0.562. The highest BCUT2D eigenvalue weighted by atomic mass is 19.1. The lowest BCUT2D eigenvalue weighted by molar-refractivity contribution is -0.121. The Labute approximate surface area is 124 Å². The first-order valence-electron chi connectivity index (χ1n) is 7.64. The quantitative estimate of drug-likeness (QED) is 0.771. The third-order valence-electron chi connectivity index (χ3n) is 3.70. The Morgan fingerprint density at radius 2 is 2.00 bits per heavy atom. The summed E-state index contributed by atoms with van der Waals surface area (Å²) in [5, 5.41) is 6.22. The highest BCUT2D eigenvalue weighted by Gasteiger charge is 2.23. The largest absolute Gasteiger partial charge is 0.490 e. The molecule has 0 saturated heterocycles. The van der Waals surface area contributed by atoms with Crippen LogP contribution in [0.1, 0.15) is 37.7 Å². The van der Waals surface area contributed by atoms with E-state index in [0.29, 0.717) is 18.6 Å². The molecule has 1 aromatic carbocycles. The zero-order valence-corrected chi connectivity index (χ0v) is 12.0. The molecule has 1 amide bonds. The van der Waals surface area contributed by atoms with E-state index in [0.717, 1.165) is 18.4 Å². The Kier molecular flexibility index (Phi) is 4.39. The Balaban J connectivity index is 1.42. The maximum absolute atomic E-state index is 13.9. The van der Waals surface area contributed by atoms with Gasteiger partial charge in [0.05, 0.1) is 13.0 Å². The molecule has 0 spiro atoms. The predicted octanol–water partition coefficient (Wildman–Crippen LogP) is 2.13. The first-order chi connectivity index (χ1) is 10.2. The van der Waals surface area contributed by atoms with Crippen molar-refractivity contribution >= 4 is 5.91 Å². The standard InChI is InChI=1S/C16H21FN2O2/c17-14-9-11(10-18-12-2-3-12)1-6-15(14)21-8-7-16(20)19-13-4-5-13/h1,6,9,12-13,18H,2-5,7-8,10H2,(H,19,20). The highest BCUT2D eigenvalue weighted by Crippen LogP contribution is 2.22. The average molecular weight is 292 g/mol. The van der Waals surface area contributed by atoms with Gasteiger partial charge in [0, 0.05) is 18.6 Å². The number of amides is 1. The van der Waals surface area contributed by atoms with Crippen molar-refractivity contribution < 1.29 is 13.9 Å². The van der Waals surface area contributed by atoms with Gasteiger partial charge in [-0.15, -0.1) is 0 Å². The SMILES string of the molecule is O=C(CCOc1ccc(CNC2CC2)cc1F)NC1CC1. The lowest BCUT2D eigenvalue weighted by Crippen LogP contribution is -2.26. The van der Waals surface area contributed by atoms with Crippen LogP contribution in [-0.2, 0) is 11.3 Å². The van der Waals surface area contributed by atoms with E-state index in [1.807, 2.05) is 6.07 Å². The van der Waals surface area contributed by atoms with E-state index in [9.17, 15) is 9.18 Å². The Morgan fingerprint density at radius 3 is 2.67 bits per heavy atom. The first-order valence-corrected chi connectivity index (χ1v) is 7.64. The fourth-order valence-electron chi connectivity index (χ4n) is 2.10. The minimum absolute atomic E-state index is 0.0249. The highest BCUT2D eigenvalue weighted by molar-refractivity contribution is 5.76. The molecule has 2 N–H and O–H groups in total. The van der Waals surface area contributed by atoms with Gasteiger partial charge in [-0.25, -0.2) is 4.39 Å². The van der Waals surface area contributed by atoms with Crippen molar-refractivity contribution in [2.75, 3.05) is 6.61 Å². The Hall–Kier alpha value is -1.62. The van der Waals surface area contributed by atoms with Crippen LogP contribution in [0.5, 0.6) is 5.75 Å². The number of carbonyl (C=O) groups excluding carboxylic acids is 1. The van der Waals surface area contributed by atoms with Crippen molar-refractivity contribution in [1.82, 2.24) is 10.6 Å². The molecule has 0 bridgehead atoms. The van der Waals surface area contributed by atoms with Crippen LogP contribution in [0, 0.1) is 5.82 Å². The predicted molar refractivity (Wildman–Crippen MR) is 77.5 cm³/mol. The van der Waals surface area contributed by atoms with Crippen LogP contribution in [0.3, 0.4) is 0 Å². The smallest absolute Gasteiger partial charge is 0.223 e. The molecule has 0 unspecified atom stereocenters. The van der Waals surface area contributed by atoms with Crippen LogP contribution >= 0.6 is 0 Å². The zero-order chi connectivity index (χ0) is 14.7. The van der Waals surface area contributed by atoms with E-state index >= 15 is 0 Å².